The summed E-state index contributed by atoms with van der Waals surface area (Å²) in [6, 6.07) is 5.92. The number of guanidine groups is 1. The Bertz CT molecular complexity index is 616. The van der Waals surface area contributed by atoms with Gasteiger partial charge in [-0.15, -0.1) is 24.0 Å². The maximum Gasteiger partial charge on any atom is 0.191 e. The normalized spacial score (nSPS) is 15.5. The van der Waals surface area contributed by atoms with Gasteiger partial charge in [-0.2, -0.15) is 0 Å². The molecule has 2 N–H and O–H groups in total. The van der Waals surface area contributed by atoms with Crippen molar-refractivity contribution in [3.63, 3.8) is 0 Å². The number of rotatable bonds is 8. The van der Waals surface area contributed by atoms with Crippen LogP contribution in [0.5, 0.6) is 11.5 Å². The molecule has 0 saturated carbocycles. The molecule has 1 fully saturated rings. The molecule has 0 spiro atoms. The zero-order valence-corrected chi connectivity index (χ0v) is 20.3. The Morgan fingerprint density at radius 1 is 1.07 bits per heavy atom. The van der Waals surface area contributed by atoms with Crippen LogP contribution >= 0.6 is 24.0 Å². The number of piperidine rings is 1. The molecule has 1 heterocycles. The Balaban J connectivity index is 0.00000392. The highest BCUT2D eigenvalue weighted by molar-refractivity contribution is 14.0. The average molecular weight is 504 g/mol. The molecule has 1 aliphatic rings. The summed E-state index contributed by atoms with van der Waals surface area (Å²) < 4.78 is 10.7. The topological polar surface area (TPSA) is 58.1 Å². The van der Waals surface area contributed by atoms with Gasteiger partial charge in [0.25, 0.3) is 0 Å². The second-order valence-corrected chi connectivity index (χ2v) is 7.60. The van der Waals surface area contributed by atoms with Crippen LogP contribution in [0.2, 0.25) is 0 Å². The fourth-order valence-electron chi connectivity index (χ4n) is 3.40. The number of likely N-dealkylation sites (tertiary alicyclic amines) is 1. The summed E-state index contributed by atoms with van der Waals surface area (Å²) >= 11 is 0. The molecular weight excluding hydrogens is 467 g/mol. The molecule has 0 aromatic heterocycles. The lowest BCUT2D eigenvalue weighted by Gasteiger charge is -2.41. The highest BCUT2D eigenvalue weighted by atomic mass is 127. The van der Waals surface area contributed by atoms with Crippen LogP contribution < -0.4 is 20.1 Å². The third-order valence-corrected chi connectivity index (χ3v) is 5.11. The van der Waals surface area contributed by atoms with E-state index in [1.807, 2.05) is 18.2 Å². The Morgan fingerprint density at radius 3 is 2.36 bits per heavy atom. The number of nitrogens with one attached hydrogen (secondary N) is 2. The number of ether oxygens (including phenoxy) is 2. The molecule has 1 aromatic rings. The Morgan fingerprint density at radius 2 is 1.75 bits per heavy atom. The predicted molar refractivity (Wildman–Crippen MR) is 127 cm³/mol. The number of benzene rings is 1. The van der Waals surface area contributed by atoms with Crippen LogP contribution in [0.3, 0.4) is 0 Å². The van der Waals surface area contributed by atoms with Crippen LogP contribution in [0.1, 0.15) is 45.6 Å². The highest BCUT2D eigenvalue weighted by Gasteiger charge is 2.27. The summed E-state index contributed by atoms with van der Waals surface area (Å²) in [6.07, 6.45) is 3.96. The lowest BCUT2D eigenvalue weighted by atomic mass is 9.98. The molecule has 1 saturated heterocycles. The van der Waals surface area contributed by atoms with E-state index >= 15 is 0 Å². The summed E-state index contributed by atoms with van der Waals surface area (Å²) in [4.78, 5) is 7.33. The Hall–Kier alpha value is -1.22. The van der Waals surface area contributed by atoms with Crippen molar-refractivity contribution in [1.82, 2.24) is 15.5 Å². The van der Waals surface area contributed by atoms with Gasteiger partial charge in [-0.25, -0.2) is 4.99 Å². The van der Waals surface area contributed by atoms with Crippen molar-refractivity contribution in [2.75, 3.05) is 40.4 Å². The monoisotopic (exact) mass is 504 g/mol. The van der Waals surface area contributed by atoms with Gasteiger partial charge in [0.05, 0.1) is 20.8 Å². The molecular formula is C21H37IN4O2. The van der Waals surface area contributed by atoms with Gasteiger partial charge in [-0.3, -0.25) is 4.90 Å². The minimum Gasteiger partial charge on any atom is -0.493 e. The first kappa shape index (κ1) is 24.8. The van der Waals surface area contributed by atoms with E-state index in [1.165, 1.54) is 32.4 Å². The smallest absolute Gasteiger partial charge is 0.191 e. The largest absolute Gasteiger partial charge is 0.493 e. The Kier molecular flexibility index (Phi) is 11.0. The van der Waals surface area contributed by atoms with Gasteiger partial charge in [0.15, 0.2) is 17.5 Å². The summed E-state index contributed by atoms with van der Waals surface area (Å²) in [6.45, 7) is 11.4. The van der Waals surface area contributed by atoms with Gasteiger partial charge >= 0.3 is 0 Å². The maximum absolute atomic E-state index is 5.38. The van der Waals surface area contributed by atoms with Gasteiger partial charge in [0.2, 0.25) is 0 Å². The fraction of sp³-hybridized carbons (Fsp3) is 0.667. The first-order valence-electron chi connectivity index (χ1n) is 9.98. The number of halogens is 1. The van der Waals surface area contributed by atoms with Crippen LogP contribution in [-0.2, 0) is 6.54 Å². The lowest BCUT2D eigenvalue weighted by Crippen LogP contribution is -2.54. The first-order valence-corrected chi connectivity index (χ1v) is 9.98. The number of aliphatic imine (C=N–C) groups is 1. The summed E-state index contributed by atoms with van der Waals surface area (Å²) in [5.41, 5.74) is 1.19. The molecule has 0 aliphatic carbocycles. The van der Waals surface area contributed by atoms with Crippen LogP contribution in [0, 0.1) is 0 Å². The van der Waals surface area contributed by atoms with Gasteiger partial charge in [0.1, 0.15) is 0 Å². The van der Waals surface area contributed by atoms with Crippen molar-refractivity contribution < 1.29 is 9.47 Å². The van der Waals surface area contributed by atoms with Crippen LogP contribution in [0.4, 0.5) is 0 Å². The molecule has 0 bridgehead atoms. The van der Waals surface area contributed by atoms with Crippen LogP contribution in [-0.4, -0.2) is 56.8 Å². The minimum absolute atomic E-state index is 0. The van der Waals surface area contributed by atoms with Gasteiger partial charge in [0, 0.05) is 18.6 Å². The maximum atomic E-state index is 5.38. The van der Waals surface area contributed by atoms with E-state index in [2.05, 4.69) is 36.3 Å². The first-order chi connectivity index (χ1) is 13.0. The molecule has 7 heteroatoms. The number of methoxy groups -OCH3 is 2. The van der Waals surface area contributed by atoms with Crippen LogP contribution in [0.25, 0.3) is 0 Å². The van der Waals surface area contributed by atoms with E-state index in [1.54, 1.807) is 14.2 Å². The Labute approximate surface area is 187 Å². The van der Waals surface area contributed by atoms with E-state index in [0.29, 0.717) is 6.54 Å². The average Bonchev–Trinajstić information content (AvgIpc) is 2.70. The molecule has 2 rings (SSSR count). The molecule has 28 heavy (non-hydrogen) atoms. The summed E-state index contributed by atoms with van der Waals surface area (Å²) in [5.74, 6) is 2.31. The van der Waals surface area contributed by atoms with Gasteiger partial charge in [-0.05, 0) is 64.4 Å². The van der Waals surface area contributed by atoms with Crippen molar-refractivity contribution >= 4 is 29.9 Å². The van der Waals surface area contributed by atoms with Crippen molar-refractivity contribution in [3.8, 4) is 11.5 Å². The lowest BCUT2D eigenvalue weighted by molar-refractivity contribution is 0.0982. The van der Waals surface area contributed by atoms with Gasteiger partial charge in [-0.1, -0.05) is 12.5 Å². The molecule has 6 nitrogen and oxygen atoms in total. The quantitative estimate of drug-likeness (QED) is 0.322. The molecule has 0 atom stereocenters. The standard InChI is InChI=1S/C21H36N4O2.HI/c1-6-22-20(24-16-21(2,3)25-12-8-7-9-13-25)23-15-17-10-11-18(26-4)19(14-17)27-5;/h10-11,14H,6-9,12-13,15-16H2,1-5H3,(H2,22,23,24);1H. The summed E-state index contributed by atoms with van der Waals surface area (Å²) in [5, 5.41) is 6.86. The second-order valence-electron chi connectivity index (χ2n) is 7.60. The minimum atomic E-state index is 0. The summed E-state index contributed by atoms with van der Waals surface area (Å²) in [7, 11) is 3.30. The van der Waals surface area contributed by atoms with E-state index in [9.17, 15) is 0 Å². The molecule has 0 unspecified atom stereocenters. The zero-order chi connectivity index (χ0) is 19.7. The number of nitrogens with zero attached hydrogens (tertiary/aromatic N) is 2. The second kappa shape index (κ2) is 12.4. The van der Waals surface area contributed by atoms with Crippen molar-refractivity contribution in [1.29, 1.82) is 0 Å². The molecule has 0 radical (unpaired) electrons. The van der Waals surface area contributed by atoms with E-state index in [4.69, 9.17) is 14.5 Å². The van der Waals surface area contributed by atoms with Crippen LogP contribution in [0.15, 0.2) is 23.2 Å². The molecule has 1 aromatic carbocycles. The predicted octanol–water partition coefficient (Wildman–Crippen LogP) is 3.64. The van der Waals surface area contributed by atoms with Crippen molar-refractivity contribution in [3.05, 3.63) is 23.8 Å². The molecule has 160 valence electrons. The number of hydrogen-bond donors (Lipinski definition) is 2. The van der Waals surface area contributed by atoms with Gasteiger partial charge < -0.3 is 20.1 Å². The third-order valence-electron chi connectivity index (χ3n) is 5.11. The highest BCUT2D eigenvalue weighted by Crippen LogP contribution is 2.27. The van der Waals surface area contributed by atoms with E-state index < -0.39 is 0 Å². The molecule has 1 aliphatic heterocycles. The van der Waals surface area contributed by atoms with E-state index in [0.717, 1.165) is 36.1 Å². The van der Waals surface area contributed by atoms with Crippen molar-refractivity contribution in [2.24, 2.45) is 4.99 Å². The third kappa shape index (κ3) is 7.31. The zero-order valence-electron chi connectivity index (χ0n) is 18.0. The SMILES string of the molecule is CCNC(=NCc1ccc(OC)c(OC)c1)NCC(C)(C)N1CCCCC1.I. The van der Waals surface area contributed by atoms with Crippen molar-refractivity contribution in [2.45, 2.75) is 52.1 Å². The van der Waals surface area contributed by atoms with E-state index in [-0.39, 0.29) is 29.5 Å². The fourth-order valence-corrected chi connectivity index (χ4v) is 3.40. The number of hydrogen-bond acceptors (Lipinski definition) is 4. The molecule has 0 amide bonds.